The Bertz CT molecular complexity index is 853. The topological polar surface area (TPSA) is 83.7 Å². The zero-order valence-corrected chi connectivity index (χ0v) is 14.7. The van der Waals surface area contributed by atoms with Crippen LogP contribution in [-0.4, -0.2) is 49.7 Å². The molecule has 2 aromatic rings. The first-order valence-corrected chi connectivity index (χ1v) is 9.63. The number of rotatable bonds is 3. The molecular weight excluding hydrogens is 338 g/mol. The van der Waals surface area contributed by atoms with Crippen molar-refractivity contribution in [1.29, 1.82) is 0 Å². The first-order chi connectivity index (χ1) is 12.0. The van der Waals surface area contributed by atoms with E-state index >= 15 is 0 Å². The molecule has 1 fully saturated rings. The van der Waals surface area contributed by atoms with Crippen LogP contribution in [0.15, 0.2) is 59.5 Å². The van der Waals surface area contributed by atoms with Gasteiger partial charge in [0.1, 0.15) is 0 Å². The second-order valence-electron chi connectivity index (χ2n) is 5.95. The van der Waals surface area contributed by atoms with Crippen molar-refractivity contribution in [2.24, 2.45) is 0 Å². The van der Waals surface area contributed by atoms with Gasteiger partial charge in [0.05, 0.1) is 10.5 Å². The van der Waals surface area contributed by atoms with Crippen LogP contribution in [0.4, 0.5) is 5.69 Å². The molecule has 0 radical (unpaired) electrons. The average Bonchev–Trinajstić information content (AvgIpc) is 2.89. The van der Waals surface area contributed by atoms with Gasteiger partial charge >= 0.3 is 0 Å². The molecule has 1 aliphatic rings. The maximum absolute atomic E-state index is 12.7. The summed E-state index contributed by atoms with van der Waals surface area (Å²) in [7, 11) is -3.54. The molecule has 0 unspecified atom stereocenters. The monoisotopic (exact) mass is 359 g/mol. The summed E-state index contributed by atoms with van der Waals surface area (Å²) in [5, 5.41) is 0. The fraction of sp³-hybridized carbons (Fsp3) is 0.278. The summed E-state index contributed by atoms with van der Waals surface area (Å²) in [5.74, 6) is -0.156. The van der Waals surface area contributed by atoms with Crippen LogP contribution in [0.5, 0.6) is 0 Å². The van der Waals surface area contributed by atoms with Gasteiger partial charge in [0.2, 0.25) is 10.0 Å². The highest BCUT2D eigenvalue weighted by molar-refractivity contribution is 7.89. The minimum atomic E-state index is -3.54. The number of amides is 1. The number of para-hydroxylation sites is 1. The predicted octanol–water partition coefficient (Wildman–Crippen LogP) is 1.81. The number of nitrogens with two attached hydrogens (primary N) is 1. The molecule has 1 aliphatic heterocycles. The molecule has 1 heterocycles. The summed E-state index contributed by atoms with van der Waals surface area (Å²) >= 11 is 0. The Morgan fingerprint density at radius 3 is 2.28 bits per heavy atom. The molecule has 7 heteroatoms. The molecule has 2 N–H and O–H groups in total. The molecule has 0 atom stereocenters. The summed E-state index contributed by atoms with van der Waals surface area (Å²) < 4.78 is 26.9. The quantitative estimate of drug-likeness (QED) is 0.847. The molecule has 2 aromatic carbocycles. The zero-order chi connectivity index (χ0) is 17.9. The van der Waals surface area contributed by atoms with Crippen LogP contribution < -0.4 is 5.73 Å². The number of nitrogens with zero attached hydrogens (tertiary/aromatic N) is 2. The van der Waals surface area contributed by atoms with Gasteiger partial charge in [-0.2, -0.15) is 4.31 Å². The van der Waals surface area contributed by atoms with Crippen LogP contribution in [0, 0.1) is 0 Å². The van der Waals surface area contributed by atoms with E-state index in [-0.39, 0.29) is 17.3 Å². The Morgan fingerprint density at radius 2 is 1.56 bits per heavy atom. The van der Waals surface area contributed by atoms with Crippen LogP contribution in [0.25, 0.3) is 0 Å². The van der Waals surface area contributed by atoms with E-state index in [4.69, 9.17) is 5.73 Å². The van der Waals surface area contributed by atoms with Gasteiger partial charge in [-0.15, -0.1) is 0 Å². The van der Waals surface area contributed by atoms with Gasteiger partial charge in [-0.1, -0.05) is 30.3 Å². The number of anilines is 1. The van der Waals surface area contributed by atoms with Crippen LogP contribution in [0.1, 0.15) is 16.8 Å². The number of sulfonamides is 1. The largest absolute Gasteiger partial charge is 0.398 e. The SMILES string of the molecule is Nc1ccccc1C(=O)N1CCCN(S(=O)(=O)c2ccccc2)CC1. The molecule has 3 rings (SSSR count). The second-order valence-corrected chi connectivity index (χ2v) is 7.89. The van der Waals surface area contributed by atoms with Crippen LogP contribution in [0.3, 0.4) is 0 Å². The van der Waals surface area contributed by atoms with Crippen molar-refractivity contribution in [2.75, 3.05) is 31.9 Å². The van der Waals surface area contributed by atoms with Crippen LogP contribution >= 0.6 is 0 Å². The van der Waals surface area contributed by atoms with E-state index in [1.165, 1.54) is 4.31 Å². The molecule has 1 amide bonds. The molecule has 0 bridgehead atoms. The number of nitrogen functional groups attached to an aromatic ring is 1. The van der Waals surface area contributed by atoms with Crippen molar-refractivity contribution < 1.29 is 13.2 Å². The highest BCUT2D eigenvalue weighted by atomic mass is 32.2. The minimum Gasteiger partial charge on any atom is -0.398 e. The number of carbonyl (C=O) groups excluding carboxylic acids is 1. The molecule has 0 spiro atoms. The number of carbonyl (C=O) groups is 1. The van der Waals surface area contributed by atoms with Crippen LogP contribution in [-0.2, 0) is 10.0 Å². The number of benzene rings is 2. The molecular formula is C18H21N3O3S. The maximum Gasteiger partial charge on any atom is 0.255 e. The van der Waals surface area contributed by atoms with E-state index in [9.17, 15) is 13.2 Å². The van der Waals surface area contributed by atoms with Gasteiger partial charge in [-0.25, -0.2) is 8.42 Å². The summed E-state index contributed by atoms with van der Waals surface area (Å²) in [6, 6.07) is 15.3. The van der Waals surface area contributed by atoms with Crippen molar-refractivity contribution in [2.45, 2.75) is 11.3 Å². The molecule has 132 valence electrons. The van der Waals surface area contributed by atoms with Crippen molar-refractivity contribution in [3.63, 3.8) is 0 Å². The predicted molar refractivity (Wildman–Crippen MR) is 96.6 cm³/mol. The molecule has 6 nitrogen and oxygen atoms in total. The number of hydrogen-bond donors (Lipinski definition) is 1. The Hall–Kier alpha value is -2.38. The van der Waals surface area contributed by atoms with Gasteiger partial charge in [-0.3, -0.25) is 4.79 Å². The first-order valence-electron chi connectivity index (χ1n) is 8.19. The third kappa shape index (κ3) is 3.67. The van der Waals surface area contributed by atoms with Gasteiger partial charge in [0.15, 0.2) is 0 Å². The van der Waals surface area contributed by atoms with Crippen LogP contribution in [0.2, 0.25) is 0 Å². The Balaban J connectivity index is 1.75. The average molecular weight is 359 g/mol. The van der Waals surface area contributed by atoms with Gasteiger partial charge in [0.25, 0.3) is 5.91 Å². The summed E-state index contributed by atoms with van der Waals surface area (Å²) in [6.07, 6.45) is 0.588. The van der Waals surface area contributed by atoms with E-state index in [1.54, 1.807) is 59.5 Å². The van der Waals surface area contributed by atoms with E-state index < -0.39 is 10.0 Å². The first kappa shape index (κ1) is 17.4. The van der Waals surface area contributed by atoms with Gasteiger partial charge in [-0.05, 0) is 30.7 Å². The number of hydrogen-bond acceptors (Lipinski definition) is 4. The summed E-state index contributed by atoms with van der Waals surface area (Å²) in [4.78, 5) is 14.6. The lowest BCUT2D eigenvalue weighted by Gasteiger charge is -2.22. The maximum atomic E-state index is 12.7. The molecule has 1 saturated heterocycles. The lowest BCUT2D eigenvalue weighted by atomic mass is 10.1. The Labute approximate surface area is 147 Å². The van der Waals surface area contributed by atoms with E-state index in [1.807, 2.05) is 0 Å². The summed E-state index contributed by atoms with van der Waals surface area (Å²) in [5.41, 5.74) is 6.78. The summed E-state index contributed by atoms with van der Waals surface area (Å²) in [6.45, 7) is 1.52. The Morgan fingerprint density at radius 1 is 0.880 bits per heavy atom. The minimum absolute atomic E-state index is 0.156. The molecule has 0 aliphatic carbocycles. The van der Waals surface area contributed by atoms with E-state index in [2.05, 4.69) is 0 Å². The van der Waals surface area contributed by atoms with Crippen molar-refractivity contribution in [3.05, 3.63) is 60.2 Å². The van der Waals surface area contributed by atoms with Gasteiger partial charge in [0, 0.05) is 31.9 Å². The normalized spacial score (nSPS) is 16.4. The van der Waals surface area contributed by atoms with Gasteiger partial charge < -0.3 is 10.6 Å². The van der Waals surface area contributed by atoms with E-state index in [0.29, 0.717) is 37.3 Å². The van der Waals surface area contributed by atoms with Crippen molar-refractivity contribution in [1.82, 2.24) is 9.21 Å². The lowest BCUT2D eigenvalue weighted by Crippen LogP contribution is -2.37. The lowest BCUT2D eigenvalue weighted by molar-refractivity contribution is 0.0765. The smallest absolute Gasteiger partial charge is 0.255 e. The van der Waals surface area contributed by atoms with Crippen molar-refractivity contribution in [3.8, 4) is 0 Å². The van der Waals surface area contributed by atoms with Crippen molar-refractivity contribution >= 4 is 21.6 Å². The zero-order valence-electron chi connectivity index (χ0n) is 13.8. The second kappa shape index (κ2) is 7.25. The third-order valence-corrected chi connectivity index (χ3v) is 6.23. The highest BCUT2D eigenvalue weighted by Gasteiger charge is 2.28. The fourth-order valence-electron chi connectivity index (χ4n) is 2.94. The highest BCUT2D eigenvalue weighted by Crippen LogP contribution is 2.19. The van der Waals surface area contributed by atoms with E-state index in [0.717, 1.165) is 0 Å². The molecule has 0 saturated carbocycles. The fourth-order valence-corrected chi connectivity index (χ4v) is 4.43. The molecule has 25 heavy (non-hydrogen) atoms. The third-order valence-electron chi connectivity index (χ3n) is 4.31. The molecule has 0 aromatic heterocycles. The standard InChI is InChI=1S/C18H21N3O3S/c19-17-10-5-4-9-16(17)18(22)20-11-6-12-21(14-13-20)25(23,24)15-7-2-1-3-8-15/h1-5,7-10H,6,11-14,19H2. The Kier molecular flexibility index (Phi) is 5.06.